The van der Waals surface area contributed by atoms with E-state index in [0.29, 0.717) is 12.0 Å². The van der Waals surface area contributed by atoms with E-state index in [-0.39, 0.29) is 11.4 Å². The van der Waals surface area contributed by atoms with Crippen LogP contribution in [-0.2, 0) is 30.2 Å². The smallest absolute Gasteiger partial charge is 0.201 e. The highest BCUT2D eigenvalue weighted by molar-refractivity contribution is 7.70. The van der Waals surface area contributed by atoms with Crippen LogP contribution in [0.4, 0.5) is 4.39 Å². The molecule has 2 aromatic rings. The molecule has 1 aliphatic heterocycles. The van der Waals surface area contributed by atoms with Crippen LogP contribution >= 0.6 is 0 Å². The van der Waals surface area contributed by atoms with Gasteiger partial charge in [-0.3, -0.25) is 4.90 Å². The topological polar surface area (TPSA) is 49.4 Å². The fraction of sp³-hybridized carbons (Fsp3) is 0.500. The van der Waals surface area contributed by atoms with Gasteiger partial charge in [0.1, 0.15) is 5.82 Å². The lowest BCUT2D eigenvalue weighted by molar-refractivity contribution is 0.106. The zero-order chi connectivity index (χ0) is 20.7. The zero-order valence-electron chi connectivity index (χ0n) is 17.1. The Morgan fingerprint density at radius 2 is 1.90 bits per heavy atom. The van der Waals surface area contributed by atoms with Crippen LogP contribution in [0.1, 0.15) is 53.9 Å². The van der Waals surface area contributed by atoms with Crippen molar-refractivity contribution in [1.82, 2.24) is 9.62 Å². The average Bonchev–Trinajstić information content (AvgIpc) is 2.96. The van der Waals surface area contributed by atoms with Gasteiger partial charge in [0.05, 0.1) is 0 Å². The Hall–Kier alpha value is -1.76. The van der Waals surface area contributed by atoms with Crippen molar-refractivity contribution in [2.24, 2.45) is 0 Å². The minimum atomic E-state index is -2.59. The summed E-state index contributed by atoms with van der Waals surface area (Å²) in [7, 11) is -2.59. The highest BCUT2D eigenvalue weighted by Crippen LogP contribution is 2.42. The molecule has 0 aromatic heterocycles. The molecule has 6 heteroatoms. The van der Waals surface area contributed by atoms with Crippen molar-refractivity contribution in [2.75, 3.05) is 13.1 Å². The lowest BCUT2D eigenvalue weighted by Gasteiger charge is -2.41. The van der Waals surface area contributed by atoms with E-state index in [1.54, 1.807) is 12.1 Å². The number of hydrogen-bond acceptors (Lipinski definition) is 3. The first-order valence-electron chi connectivity index (χ1n) is 11.0. The van der Waals surface area contributed by atoms with Crippen LogP contribution in [0.5, 0.6) is 0 Å². The molecule has 2 fully saturated rings. The maximum atomic E-state index is 13.8. The average molecular weight is 429 g/mol. The van der Waals surface area contributed by atoms with Gasteiger partial charge in [-0.1, -0.05) is 30.3 Å². The number of nitrogens with zero attached hydrogens (tertiary/aromatic N) is 1. The molecule has 2 unspecified atom stereocenters. The number of benzene rings is 2. The van der Waals surface area contributed by atoms with Crippen molar-refractivity contribution in [2.45, 2.75) is 62.4 Å². The van der Waals surface area contributed by atoms with Gasteiger partial charge in [-0.15, -0.1) is 0 Å². The molecular formula is C24H29FN2O2S. The highest BCUT2D eigenvalue weighted by atomic mass is 32.2. The number of hydrogen-bond donors (Lipinski definition) is 2. The summed E-state index contributed by atoms with van der Waals surface area (Å²) < 4.78 is 39.2. The predicted octanol–water partition coefficient (Wildman–Crippen LogP) is 3.36. The Labute approximate surface area is 179 Å². The van der Waals surface area contributed by atoms with E-state index in [1.807, 2.05) is 6.07 Å². The molecule has 160 valence electrons. The first-order valence-corrected chi connectivity index (χ1v) is 12.2. The summed E-state index contributed by atoms with van der Waals surface area (Å²) in [4.78, 5) is 2.57. The molecule has 0 radical (unpaired) electrons. The summed E-state index contributed by atoms with van der Waals surface area (Å²) in [6.45, 7) is 2.30. The Morgan fingerprint density at radius 1 is 1.07 bits per heavy atom. The second-order valence-electron chi connectivity index (χ2n) is 9.31. The van der Waals surface area contributed by atoms with Crippen molar-refractivity contribution in [3.63, 3.8) is 0 Å². The molecule has 0 spiro atoms. The first-order chi connectivity index (χ1) is 14.5. The van der Waals surface area contributed by atoms with Crippen LogP contribution in [0.2, 0.25) is 0 Å². The van der Waals surface area contributed by atoms with Crippen molar-refractivity contribution in [3.8, 4) is 0 Å². The molecule has 1 saturated heterocycles. The van der Waals surface area contributed by atoms with Crippen LogP contribution in [-0.4, -0.2) is 38.0 Å². The molecule has 3 aliphatic rings. The molecule has 1 heterocycles. The maximum absolute atomic E-state index is 13.8. The van der Waals surface area contributed by atoms with E-state index in [4.69, 9.17) is 0 Å². The lowest BCUT2D eigenvalue weighted by atomic mass is 9.73. The standard InChI is InChI=1S/C24H29FN2O2S/c25-20-5-1-4-17(12-20)13-22-21-14-18(16-24(8-2-9-24)26-30(28)29)6-7-19(21)15-23(22)27-10-3-11-27/h1,4-7,12,14,22-23,30H,2-3,8-11,13,15-16H2,(H,26,28,29). The van der Waals surface area contributed by atoms with Gasteiger partial charge in [0.2, 0.25) is 10.9 Å². The first kappa shape index (κ1) is 20.2. The van der Waals surface area contributed by atoms with E-state index in [2.05, 4.69) is 27.8 Å². The fourth-order valence-corrected chi connectivity index (χ4v) is 6.29. The molecule has 0 bridgehead atoms. The van der Waals surface area contributed by atoms with Gasteiger partial charge in [0.15, 0.2) is 0 Å². The third-order valence-electron chi connectivity index (χ3n) is 7.39. The summed E-state index contributed by atoms with van der Waals surface area (Å²) in [5.41, 5.74) is 4.70. The molecule has 4 nitrogen and oxygen atoms in total. The number of rotatable bonds is 7. The van der Waals surface area contributed by atoms with Gasteiger partial charge in [0.25, 0.3) is 0 Å². The normalized spacial score (nSPS) is 25.0. The fourth-order valence-electron chi connectivity index (χ4n) is 5.60. The molecule has 1 saturated carbocycles. The van der Waals surface area contributed by atoms with E-state index in [1.165, 1.54) is 29.2 Å². The van der Waals surface area contributed by atoms with Crippen LogP contribution < -0.4 is 4.72 Å². The monoisotopic (exact) mass is 428 g/mol. The molecule has 2 aromatic carbocycles. The Kier molecular flexibility index (Phi) is 5.42. The van der Waals surface area contributed by atoms with Gasteiger partial charge in [-0.25, -0.2) is 17.5 Å². The number of thiol groups is 1. The van der Waals surface area contributed by atoms with Crippen LogP contribution in [0, 0.1) is 5.82 Å². The van der Waals surface area contributed by atoms with Crippen molar-refractivity contribution < 1.29 is 12.8 Å². The zero-order valence-corrected chi connectivity index (χ0v) is 18.0. The van der Waals surface area contributed by atoms with Crippen molar-refractivity contribution in [1.29, 1.82) is 0 Å². The summed E-state index contributed by atoms with van der Waals surface area (Å²) >= 11 is 0. The predicted molar refractivity (Wildman–Crippen MR) is 117 cm³/mol. The minimum absolute atomic E-state index is 0.176. The van der Waals surface area contributed by atoms with Gasteiger partial charge >= 0.3 is 0 Å². The Bertz CT molecular complexity index is 1010. The lowest BCUT2D eigenvalue weighted by Crippen LogP contribution is -2.51. The number of halogens is 1. The van der Waals surface area contributed by atoms with Crippen LogP contribution in [0.15, 0.2) is 42.5 Å². The van der Waals surface area contributed by atoms with Gasteiger partial charge < -0.3 is 0 Å². The second kappa shape index (κ2) is 8.06. The van der Waals surface area contributed by atoms with E-state index in [0.717, 1.165) is 57.2 Å². The molecule has 2 aliphatic carbocycles. The summed E-state index contributed by atoms with van der Waals surface area (Å²) in [5.74, 6) is 0.174. The number of nitrogens with one attached hydrogen (secondary N) is 1. The van der Waals surface area contributed by atoms with Gasteiger partial charge in [0, 0.05) is 17.5 Å². The third kappa shape index (κ3) is 3.93. The van der Waals surface area contributed by atoms with Crippen molar-refractivity contribution >= 4 is 10.9 Å². The van der Waals surface area contributed by atoms with Gasteiger partial charge in [-0.2, -0.15) is 0 Å². The maximum Gasteiger partial charge on any atom is 0.201 e. The van der Waals surface area contributed by atoms with Crippen LogP contribution in [0.25, 0.3) is 0 Å². The van der Waals surface area contributed by atoms with Crippen molar-refractivity contribution in [3.05, 3.63) is 70.5 Å². The molecule has 2 atom stereocenters. The summed E-state index contributed by atoms with van der Waals surface area (Å²) in [6.07, 6.45) is 6.75. The Balaban J connectivity index is 1.43. The van der Waals surface area contributed by atoms with E-state index < -0.39 is 10.9 Å². The molecule has 30 heavy (non-hydrogen) atoms. The number of fused-ring (bicyclic) bond motifs is 1. The third-order valence-corrected chi connectivity index (χ3v) is 8.05. The largest absolute Gasteiger partial charge is 0.299 e. The molecular weight excluding hydrogens is 399 g/mol. The Morgan fingerprint density at radius 3 is 2.53 bits per heavy atom. The van der Waals surface area contributed by atoms with Gasteiger partial charge in [-0.05, 0) is 92.4 Å². The van der Waals surface area contributed by atoms with Crippen LogP contribution in [0.3, 0.4) is 0 Å². The highest BCUT2D eigenvalue weighted by Gasteiger charge is 2.40. The molecule has 5 rings (SSSR count). The minimum Gasteiger partial charge on any atom is -0.299 e. The SMILES string of the molecule is O=[SH](=O)NC1(Cc2ccc3c(c2)C(Cc2cccc(F)c2)C(N2CCC2)C3)CCC1. The molecule has 1 N–H and O–H groups in total. The second-order valence-corrected chi connectivity index (χ2v) is 10.1. The number of likely N-dealkylation sites (tertiary alicyclic amines) is 1. The van der Waals surface area contributed by atoms with E-state index in [9.17, 15) is 12.8 Å². The summed E-state index contributed by atoms with van der Waals surface area (Å²) in [6, 6.07) is 14.2. The molecule has 0 amide bonds. The van der Waals surface area contributed by atoms with E-state index >= 15 is 0 Å². The summed E-state index contributed by atoms with van der Waals surface area (Å²) in [5, 5.41) is 0. The quantitative estimate of drug-likeness (QED) is 0.665.